The van der Waals surface area contributed by atoms with Gasteiger partial charge >= 0.3 is 6.09 Å². The van der Waals surface area contributed by atoms with E-state index in [1.165, 1.54) is 0 Å². The van der Waals surface area contributed by atoms with Crippen LogP contribution in [0.5, 0.6) is 0 Å². The number of likely N-dealkylation sites (tertiary alicyclic amines) is 1. The molecule has 1 saturated heterocycles. The monoisotopic (exact) mass is 435 g/mol. The zero-order valence-electron chi connectivity index (χ0n) is 18.5. The normalized spacial score (nSPS) is 14.0. The third-order valence-electron chi connectivity index (χ3n) is 4.84. The summed E-state index contributed by atoms with van der Waals surface area (Å²) in [5, 5.41) is 21.1. The molecule has 11 heteroatoms. The van der Waals surface area contributed by atoms with E-state index in [2.05, 4.69) is 31.6 Å². The van der Waals surface area contributed by atoms with E-state index < -0.39 is 5.60 Å². The number of nitrogens with zero attached hydrogens (tertiary/aromatic N) is 8. The maximum atomic E-state index is 12.2. The minimum atomic E-state index is -0.532. The fourth-order valence-electron chi connectivity index (χ4n) is 3.32. The molecule has 166 valence electrons. The van der Waals surface area contributed by atoms with Gasteiger partial charge in [-0.05, 0) is 26.8 Å². The Balaban J connectivity index is 1.51. The first-order valence-corrected chi connectivity index (χ1v) is 10.2. The second-order valence-electron chi connectivity index (χ2n) is 8.64. The summed E-state index contributed by atoms with van der Waals surface area (Å²) in [5.41, 5.74) is 2.30. The number of hydrogen-bond acceptors (Lipinski definition) is 8. The molecule has 4 heterocycles. The predicted octanol–water partition coefficient (Wildman–Crippen LogP) is 2.68. The molecule has 4 rings (SSSR count). The van der Waals surface area contributed by atoms with Crippen LogP contribution < -0.4 is 5.32 Å². The summed E-state index contributed by atoms with van der Waals surface area (Å²) in [7, 11) is 1.83. The van der Waals surface area contributed by atoms with E-state index in [9.17, 15) is 10.1 Å². The number of anilines is 2. The van der Waals surface area contributed by atoms with Crippen LogP contribution in [0, 0.1) is 11.3 Å². The highest BCUT2D eigenvalue weighted by molar-refractivity contribution is 5.69. The highest BCUT2D eigenvalue weighted by Crippen LogP contribution is 2.28. The van der Waals surface area contributed by atoms with Crippen molar-refractivity contribution in [1.82, 2.24) is 34.4 Å². The van der Waals surface area contributed by atoms with Gasteiger partial charge in [-0.15, -0.1) is 0 Å². The average molecular weight is 435 g/mol. The number of aromatic nitrogens is 6. The van der Waals surface area contributed by atoms with Crippen molar-refractivity contribution >= 4 is 17.7 Å². The van der Waals surface area contributed by atoms with Crippen LogP contribution in [0.25, 0.3) is 11.3 Å². The number of rotatable bonds is 5. The van der Waals surface area contributed by atoms with E-state index in [-0.39, 0.29) is 18.6 Å². The Morgan fingerprint density at radius 3 is 2.78 bits per heavy atom. The van der Waals surface area contributed by atoms with Gasteiger partial charge in [0.15, 0.2) is 0 Å². The summed E-state index contributed by atoms with van der Waals surface area (Å²) in [6, 6.07) is 3.96. The minimum absolute atomic E-state index is 0.0172. The van der Waals surface area contributed by atoms with Crippen LogP contribution in [0.4, 0.5) is 16.4 Å². The number of nitrogens with one attached hydrogen (secondary N) is 1. The van der Waals surface area contributed by atoms with Gasteiger partial charge in [0, 0.05) is 44.3 Å². The largest absolute Gasteiger partial charge is 0.444 e. The summed E-state index contributed by atoms with van der Waals surface area (Å²) < 4.78 is 8.90. The Morgan fingerprint density at radius 1 is 1.34 bits per heavy atom. The third-order valence-corrected chi connectivity index (χ3v) is 4.84. The first kappa shape index (κ1) is 21.3. The van der Waals surface area contributed by atoms with Gasteiger partial charge in [-0.2, -0.15) is 15.5 Å². The van der Waals surface area contributed by atoms with E-state index in [1.807, 2.05) is 40.2 Å². The topological polar surface area (TPSA) is 127 Å². The van der Waals surface area contributed by atoms with E-state index in [0.717, 1.165) is 11.3 Å². The zero-order chi connectivity index (χ0) is 22.9. The Labute approximate surface area is 185 Å². The molecular weight excluding hydrogens is 410 g/mol. The van der Waals surface area contributed by atoms with Crippen molar-refractivity contribution in [2.24, 2.45) is 7.05 Å². The molecule has 11 nitrogen and oxygen atoms in total. The fraction of sp³-hybridized carbons (Fsp3) is 0.429. The van der Waals surface area contributed by atoms with Crippen LogP contribution in [0.2, 0.25) is 0 Å². The van der Waals surface area contributed by atoms with Gasteiger partial charge in [-0.1, -0.05) is 0 Å². The van der Waals surface area contributed by atoms with Crippen LogP contribution in [0.3, 0.4) is 0 Å². The lowest BCUT2D eigenvalue weighted by Gasteiger charge is -2.39. The summed E-state index contributed by atoms with van der Waals surface area (Å²) in [6.45, 7) is 6.53. The van der Waals surface area contributed by atoms with Gasteiger partial charge in [-0.3, -0.25) is 9.36 Å². The highest BCUT2D eigenvalue weighted by atomic mass is 16.6. The molecule has 0 radical (unpaired) electrons. The fourth-order valence-corrected chi connectivity index (χ4v) is 3.32. The minimum Gasteiger partial charge on any atom is -0.444 e. The van der Waals surface area contributed by atoms with Crippen molar-refractivity contribution < 1.29 is 9.53 Å². The van der Waals surface area contributed by atoms with Crippen molar-refractivity contribution in [1.29, 1.82) is 5.26 Å². The Hall–Kier alpha value is -3.94. The van der Waals surface area contributed by atoms with E-state index in [4.69, 9.17) is 4.74 Å². The number of hydrogen-bond donors (Lipinski definition) is 1. The quantitative estimate of drug-likeness (QED) is 0.648. The van der Waals surface area contributed by atoms with Crippen molar-refractivity contribution in [3.05, 3.63) is 36.5 Å². The number of amides is 1. The summed E-state index contributed by atoms with van der Waals surface area (Å²) in [6.07, 6.45) is 6.85. The summed E-state index contributed by atoms with van der Waals surface area (Å²) in [5.74, 6) is 0.422. The lowest BCUT2D eigenvalue weighted by atomic mass is 10.1. The average Bonchev–Trinajstić information content (AvgIpc) is 3.26. The first-order chi connectivity index (χ1) is 15.2. The molecule has 3 aromatic heterocycles. The van der Waals surface area contributed by atoms with Crippen LogP contribution in [-0.2, 0) is 18.2 Å². The summed E-state index contributed by atoms with van der Waals surface area (Å²) >= 11 is 0. The lowest BCUT2D eigenvalue weighted by Crippen LogP contribution is -2.52. The molecule has 0 aliphatic carbocycles. The van der Waals surface area contributed by atoms with Crippen molar-refractivity contribution in [3.63, 3.8) is 0 Å². The van der Waals surface area contributed by atoms with E-state index in [0.29, 0.717) is 30.4 Å². The van der Waals surface area contributed by atoms with E-state index in [1.54, 1.807) is 32.7 Å². The molecule has 1 aliphatic rings. The standard InChI is InChI=1S/C21H25N9O2/c1-21(2,3)32-20(31)29-11-15(12-29)30-13-16(18(27-30)5-7-22)17-6-8-23-19(26-17)25-14-9-24-28(4)10-14/h6,8-10,13,15H,5,11-12H2,1-4H3,(H,23,25,26). The van der Waals surface area contributed by atoms with E-state index >= 15 is 0 Å². The molecule has 32 heavy (non-hydrogen) atoms. The molecule has 0 unspecified atom stereocenters. The van der Waals surface area contributed by atoms with Gasteiger partial charge in [0.05, 0.1) is 41.8 Å². The second-order valence-corrected chi connectivity index (χ2v) is 8.64. The van der Waals surface area contributed by atoms with Gasteiger partial charge < -0.3 is 15.0 Å². The predicted molar refractivity (Wildman–Crippen MR) is 116 cm³/mol. The van der Waals surface area contributed by atoms with Gasteiger partial charge in [0.1, 0.15) is 5.60 Å². The van der Waals surface area contributed by atoms with Crippen molar-refractivity contribution in [2.75, 3.05) is 18.4 Å². The number of carbonyl (C=O) groups excluding carboxylic acids is 1. The Kier molecular flexibility index (Phi) is 5.52. The molecule has 0 spiro atoms. The number of carbonyl (C=O) groups is 1. The molecule has 0 atom stereocenters. The number of nitriles is 1. The summed E-state index contributed by atoms with van der Waals surface area (Å²) in [4.78, 5) is 22.7. The number of aryl methyl sites for hydroxylation is 1. The van der Waals surface area contributed by atoms with Crippen LogP contribution in [0.15, 0.2) is 30.9 Å². The van der Waals surface area contributed by atoms with Gasteiger partial charge in [0.25, 0.3) is 0 Å². The third kappa shape index (κ3) is 4.69. The van der Waals surface area contributed by atoms with Gasteiger partial charge in [0.2, 0.25) is 5.95 Å². The first-order valence-electron chi connectivity index (χ1n) is 10.2. The van der Waals surface area contributed by atoms with Crippen LogP contribution in [0.1, 0.15) is 32.5 Å². The molecule has 3 aromatic rings. The van der Waals surface area contributed by atoms with Crippen molar-refractivity contribution in [2.45, 2.75) is 38.8 Å². The molecule has 1 amide bonds. The van der Waals surface area contributed by atoms with Crippen LogP contribution >= 0.6 is 0 Å². The SMILES string of the molecule is Cn1cc(Nc2nccc(-c3cn(C4CN(C(=O)OC(C)(C)C)C4)nc3CC#N)n2)cn1. The van der Waals surface area contributed by atoms with Crippen LogP contribution in [-0.4, -0.2) is 59.2 Å². The maximum Gasteiger partial charge on any atom is 0.410 e. The molecular formula is C21H25N9O2. The second kappa shape index (κ2) is 8.30. The number of ether oxygens (including phenoxy) is 1. The molecule has 1 aliphatic heterocycles. The zero-order valence-corrected chi connectivity index (χ0v) is 18.5. The molecule has 0 bridgehead atoms. The Bertz CT molecular complexity index is 1160. The highest BCUT2D eigenvalue weighted by Gasteiger charge is 2.35. The maximum absolute atomic E-state index is 12.2. The molecule has 0 aromatic carbocycles. The molecule has 1 fully saturated rings. The molecule has 1 N–H and O–H groups in total. The lowest BCUT2D eigenvalue weighted by molar-refractivity contribution is -0.000413. The Morgan fingerprint density at radius 2 is 2.12 bits per heavy atom. The smallest absolute Gasteiger partial charge is 0.410 e. The van der Waals surface area contributed by atoms with Crippen molar-refractivity contribution in [3.8, 4) is 17.3 Å². The molecule has 0 saturated carbocycles. The van der Waals surface area contributed by atoms with Gasteiger partial charge in [-0.25, -0.2) is 14.8 Å².